The molecule has 0 N–H and O–H groups in total. The summed E-state index contributed by atoms with van der Waals surface area (Å²) in [7, 11) is 6.40. The number of hydrogen-bond donors (Lipinski definition) is 0. The van der Waals surface area contributed by atoms with Crippen LogP contribution < -0.4 is 0 Å². The van der Waals surface area contributed by atoms with Gasteiger partial charge in [-0.15, -0.1) is 11.6 Å². The standard InChI is InChI=1S/C37H70NO4.C16H28O.CH3Cl/c1-7-10-12-14-16-18-20-22-24-26-28-30-35(39)41-33-37(9-3,32-38(4,5)6)34-42-36(40)31-29-27-25-23-21-19-17-15-13-11-8-2;1-3-5-6-7-8-9-10-11-12-13-14-15-16(17)4-2;1-2/h14-17H,7-13,18-34H2,1-6H3;4,7-8H,2-3,5-6,9-15H2,1H3;1H3/q+1;;/b16-14-,17-15-;8-7-;. The molecule has 0 spiro atoms. The van der Waals surface area contributed by atoms with E-state index < -0.39 is 0 Å². The Kier molecular flexibility index (Phi) is 50.5. The summed E-state index contributed by atoms with van der Waals surface area (Å²) in [6.45, 7) is 13.7. The van der Waals surface area contributed by atoms with Gasteiger partial charge in [-0.25, -0.2) is 0 Å². The van der Waals surface area contributed by atoms with Crippen molar-refractivity contribution in [2.24, 2.45) is 5.41 Å². The molecule has 0 amide bonds. The highest BCUT2D eigenvalue weighted by molar-refractivity contribution is 6.15. The maximum absolute atomic E-state index is 12.5. The Morgan fingerprint density at radius 2 is 0.770 bits per heavy atom. The molecular formula is C54H101ClNO5+. The molecule has 0 atom stereocenters. The van der Waals surface area contributed by atoms with Crippen molar-refractivity contribution in [2.75, 3.05) is 47.3 Å². The fraction of sp³-hybridized carbons (Fsp3) is 0.796. The molecule has 0 saturated heterocycles. The SMILES string of the molecule is C=CC(=O)CCCCCCC/C=C\CCCC.CCCC/C=C\CCCCCCCC(=O)OCC(CC)(COC(=O)CCCCCCC/C=C\CCCC)C[N+](C)(C)C.CCl. The molecule has 0 fully saturated rings. The van der Waals surface area contributed by atoms with Crippen molar-refractivity contribution in [2.45, 2.75) is 227 Å². The van der Waals surface area contributed by atoms with E-state index in [2.05, 4.69) is 103 Å². The second-order valence-electron chi connectivity index (χ2n) is 18.1. The monoisotopic (exact) mass is 879 g/mol. The Labute approximate surface area is 384 Å². The number of esters is 2. The molecule has 61 heavy (non-hydrogen) atoms. The quantitative estimate of drug-likeness (QED) is 0.0153. The Morgan fingerprint density at radius 1 is 0.475 bits per heavy atom. The summed E-state index contributed by atoms with van der Waals surface area (Å²) in [5.74, 6) is -0.0735. The number of alkyl halides is 1. The van der Waals surface area contributed by atoms with Crippen LogP contribution in [-0.4, -0.2) is 69.5 Å². The molecule has 0 heterocycles. The van der Waals surface area contributed by atoms with Crippen molar-refractivity contribution in [3.05, 3.63) is 49.1 Å². The molecule has 0 aromatic rings. The van der Waals surface area contributed by atoms with Gasteiger partial charge in [-0.3, -0.25) is 14.4 Å². The molecule has 0 aliphatic heterocycles. The van der Waals surface area contributed by atoms with Crippen LogP contribution in [0.25, 0.3) is 0 Å². The zero-order valence-corrected chi connectivity index (χ0v) is 42.4. The normalized spacial score (nSPS) is 11.7. The van der Waals surface area contributed by atoms with E-state index in [1.54, 1.807) is 0 Å². The maximum Gasteiger partial charge on any atom is 0.305 e. The number of quaternary nitrogens is 1. The van der Waals surface area contributed by atoms with Crippen LogP contribution >= 0.6 is 11.6 Å². The second-order valence-corrected chi connectivity index (χ2v) is 18.1. The molecule has 0 unspecified atom stereocenters. The van der Waals surface area contributed by atoms with Gasteiger partial charge in [-0.2, -0.15) is 0 Å². The summed E-state index contributed by atoms with van der Waals surface area (Å²) in [6.07, 6.45) is 51.2. The maximum atomic E-state index is 12.5. The van der Waals surface area contributed by atoms with E-state index in [4.69, 9.17) is 9.47 Å². The summed E-state index contributed by atoms with van der Waals surface area (Å²) in [5.41, 5.74) is -0.362. The van der Waals surface area contributed by atoms with Crippen LogP contribution in [0, 0.1) is 5.41 Å². The third-order valence-corrected chi connectivity index (χ3v) is 10.8. The minimum absolute atomic E-state index is 0.129. The first-order valence-electron chi connectivity index (χ1n) is 25.1. The van der Waals surface area contributed by atoms with Crippen molar-refractivity contribution < 1.29 is 28.3 Å². The van der Waals surface area contributed by atoms with Gasteiger partial charge >= 0.3 is 11.9 Å². The predicted octanol–water partition coefficient (Wildman–Crippen LogP) is 16.2. The van der Waals surface area contributed by atoms with Crippen molar-refractivity contribution in [1.29, 1.82) is 0 Å². The Bertz CT molecular complexity index is 1030. The number of ketones is 1. The van der Waals surface area contributed by atoms with Gasteiger partial charge in [0.15, 0.2) is 5.78 Å². The molecule has 0 radical (unpaired) electrons. The van der Waals surface area contributed by atoms with Crippen LogP contribution in [0.2, 0.25) is 0 Å². The van der Waals surface area contributed by atoms with Gasteiger partial charge in [0.1, 0.15) is 13.2 Å². The molecule has 7 heteroatoms. The molecule has 0 aromatic heterocycles. The smallest absolute Gasteiger partial charge is 0.305 e. The second kappa shape index (κ2) is 48.8. The van der Waals surface area contributed by atoms with Crippen LogP contribution in [-0.2, 0) is 23.9 Å². The molecule has 0 bridgehead atoms. The van der Waals surface area contributed by atoms with Crippen molar-refractivity contribution >= 4 is 29.3 Å². The number of ether oxygens (including phenoxy) is 2. The molecule has 0 saturated carbocycles. The van der Waals surface area contributed by atoms with E-state index in [1.165, 1.54) is 154 Å². The topological polar surface area (TPSA) is 69.7 Å². The minimum atomic E-state index is -0.362. The summed E-state index contributed by atoms with van der Waals surface area (Å²) in [5, 5.41) is 0. The zero-order chi connectivity index (χ0) is 46.1. The lowest BCUT2D eigenvalue weighted by Crippen LogP contribution is -2.49. The van der Waals surface area contributed by atoms with Crippen LogP contribution in [0.5, 0.6) is 0 Å². The largest absolute Gasteiger partial charge is 0.465 e. The highest BCUT2D eigenvalue weighted by Gasteiger charge is 2.37. The first-order valence-corrected chi connectivity index (χ1v) is 25.8. The summed E-state index contributed by atoms with van der Waals surface area (Å²) >= 11 is 4.64. The number of nitrogens with zero attached hydrogens (tertiary/aromatic N) is 1. The van der Waals surface area contributed by atoms with Crippen LogP contribution in [0.15, 0.2) is 49.1 Å². The number of carbonyl (C=O) groups is 3. The highest BCUT2D eigenvalue weighted by Crippen LogP contribution is 2.27. The lowest BCUT2D eigenvalue weighted by Gasteiger charge is -2.37. The highest BCUT2D eigenvalue weighted by atomic mass is 35.5. The fourth-order valence-electron chi connectivity index (χ4n) is 7.06. The van der Waals surface area contributed by atoms with E-state index in [-0.39, 0.29) is 23.1 Å². The third-order valence-electron chi connectivity index (χ3n) is 10.8. The minimum Gasteiger partial charge on any atom is -0.465 e. The Balaban J connectivity index is -0.00000147. The molecule has 0 aliphatic carbocycles. The van der Waals surface area contributed by atoms with E-state index in [9.17, 15) is 14.4 Å². The van der Waals surface area contributed by atoms with Crippen LogP contribution in [0.4, 0.5) is 0 Å². The molecule has 6 nitrogen and oxygen atoms in total. The van der Waals surface area contributed by atoms with E-state index in [0.29, 0.717) is 32.5 Å². The Morgan fingerprint density at radius 3 is 1.07 bits per heavy atom. The van der Waals surface area contributed by atoms with Gasteiger partial charge < -0.3 is 14.0 Å². The lowest BCUT2D eigenvalue weighted by atomic mass is 9.85. The average molecular weight is 880 g/mol. The van der Waals surface area contributed by atoms with Crippen molar-refractivity contribution in [3.63, 3.8) is 0 Å². The number of unbranched alkanes of at least 4 members (excludes halogenated alkanes) is 21. The summed E-state index contributed by atoms with van der Waals surface area (Å²) < 4.78 is 12.3. The van der Waals surface area contributed by atoms with Crippen molar-refractivity contribution in [3.8, 4) is 0 Å². The number of hydrogen-bond acceptors (Lipinski definition) is 5. The molecular weight excluding hydrogens is 778 g/mol. The zero-order valence-electron chi connectivity index (χ0n) is 41.7. The van der Waals surface area contributed by atoms with E-state index in [1.807, 2.05) is 0 Å². The number of rotatable bonds is 41. The first kappa shape index (κ1) is 63.1. The van der Waals surface area contributed by atoms with Crippen LogP contribution in [0.1, 0.15) is 227 Å². The van der Waals surface area contributed by atoms with Gasteiger partial charge in [0.25, 0.3) is 0 Å². The fourth-order valence-corrected chi connectivity index (χ4v) is 7.06. The molecule has 358 valence electrons. The van der Waals surface area contributed by atoms with Gasteiger partial charge in [0.2, 0.25) is 0 Å². The average Bonchev–Trinajstić information content (AvgIpc) is 3.25. The molecule has 0 aliphatic rings. The number of allylic oxidation sites excluding steroid dienone is 7. The Hall–Kier alpha value is -2.18. The van der Waals surface area contributed by atoms with E-state index in [0.717, 1.165) is 49.6 Å². The van der Waals surface area contributed by atoms with E-state index >= 15 is 0 Å². The molecule has 0 aromatic carbocycles. The third kappa shape index (κ3) is 50.3. The van der Waals surface area contributed by atoms with Crippen LogP contribution in [0.3, 0.4) is 0 Å². The summed E-state index contributed by atoms with van der Waals surface area (Å²) in [6, 6.07) is 0. The predicted molar refractivity (Wildman–Crippen MR) is 267 cm³/mol. The van der Waals surface area contributed by atoms with Gasteiger partial charge in [0, 0.05) is 25.6 Å². The first-order chi connectivity index (χ1) is 29.5. The summed E-state index contributed by atoms with van der Waals surface area (Å²) in [4.78, 5) is 36.0. The number of carbonyl (C=O) groups excluding carboxylic acids is 3. The van der Waals surface area contributed by atoms with Gasteiger partial charge in [-0.1, -0.05) is 167 Å². The van der Waals surface area contributed by atoms with Gasteiger partial charge in [0.05, 0.1) is 33.1 Å². The number of halogens is 1. The van der Waals surface area contributed by atoms with Crippen molar-refractivity contribution in [1.82, 2.24) is 0 Å². The molecule has 0 rings (SSSR count). The lowest BCUT2D eigenvalue weighted by molar-refractivity contribution is -0.877. The van der Waals surface area contributed by atoms with Gasteiger partial charge in [-0.05, 0) is 89.5 Å².